The fraction of sp³-hybridized carbons (Fsp3) is 0.524. The van der Waals surface area contributed by atoms with Crippen molar-refractivity contribution in [2.24, 2.45) is 4.99 Å². The maximum atomic E-state index is 5.75. The Morgan fingerprint density at radius 1 is 1.19 bits per heavy atom. The molecule has 0 amide bonds. The van der Waals surface area contributed by atoms with Gasteiger partial charge in [0.2, 0.25) is 0 Å². The summed E-state index contributed by atoms with van der Waals surface area (Å²) < 4.78 is 7.73. The quantitative estimate of drug-likeness (QED) is 0.602. The third-order valence-electron chi connectivity index (χ3n) is 4.76. The van der Waals surface area contributed by atoms with Crippen LogP contribution in [0.2, 0.25) is 0 Å². The molecule has 1 aliphatic rings. The maximum Gasteiger partial charge on any atom is 0.194 e. The van der Waals surface area contributed by atoms with E-state index in [4.69, 9.17) is 9.73 Å². The van der Waals surface area contributed by atoms with Gasteiger partial charge in [-0.05, 0) is 32.3 Å². The van der Waals surface area contributed by atoms with E-state index in [1.54, 1.807) is 0 Å². The minimum atomic E-state index is 0.394. The van der Waals surface area contributed by atoms with Crippen LogP contribution in [0.25, 0.3) is 0 Å². The van der Waals surface area contributed by atoms with Gasteiger partial charge in [-0.2, -0.15) is 5.10 Å². The fourth-order valence-corrected chi connectivity index (χ4v) is 3.41. The molecular formula is C21H31N5O. The summed E-state index contributed by atoms with van der Waals surface area (Å²) in [5.74, 6) is 0.989. The van der Waals surface area contributed by atoms with E-state index in [9.17, 15) is 0 Å². The molecule has 2 heterocycles. The molecule has 1 aliphatic heterocycles. The second-order valence-electron chi connectivity index (χ2n) is 6.84. The van der Waals surface area contributed by atoms with E-state index < -0.39 is 0 Å². The zero-order valence-electron chi connectivity index (χ0n) is 16.5. The number of nitrogens with one attached hydrogen (secondary N) is 1. The zero-order valence-corrected chi connectivity index (χ0v) is 16.5. The highest BCUT2D eigenvalue weighted by Gasteiger charge is 2.21. The molecule has 1 aromatic carbocycles. The minimum Gasteiger partial charge on any atom is -0.378 e. The minimum absolute atomic E-state index is 0.394. The normalized spacial score (nSPS) is 15.9. The molecular weight excluding hydrogens is 338 g/mol. The summed E-state index contributed by atoms with van der Waals surface area (Å²) in [7, 11) is 0. The summed E-state index contributed by atoms with van der Waals surface area (Å²) in [6, 6.07) is 10.4. The van der Waals surface area contributed by atoms with Crippen molar-refractivity contribution in [3.63, 3.8) is 0 Å². The van der Waals surface area contributed by atoms with E-state index in [-0.39, 0.29) is 0 Å². The van der Waals surface area contributed by atoms with Gasteiger partial charge >= 0.3 is 0 Å². The summed E-state index contributed by atoms with van der Waals surface area (Å²) in [5, 5.41) is 7.90. The Bertz CT molecular complexity index is 704. The highest BCUT2D eigenvalue weighted by molar-refractivity contribution is 5.80. The summed E-state index contributed by atoms with van der Waals surface area (Å²) in [6.07, 6.45) is 6.52. The number of aliphatic imine (C=N–C) groups is 1. The molecule has 0 saturated carbocycles. The van der Waals surface area contributed by atoms with Crippen molar-refractivity contribution in [2.75, 3.05) is 26.2 Å². The maximum absolute atomic E-state index is 5.75. The molecule has 1 saturated heterocycles. The van der Waals surface area contributed by atoms with Gasteiger partial charge in [0.1, 0.15) is 0 Å². The first-order chi connectivity index (χ1) is 13.3. The van der Waals surface area contributed by atoms with Crippen LogP contribution in [0.15, 0.2) is 47.7 Å². The second kappa shape index (κ2) is 10.1. The smallest absolute Gasteiger partial charge is 0.194 e. The molecule has 0 aliphatic carbocycles. The number of nitrogens with zero attached hydrogens (tertiary/aromatic N) is 4. The molecule has 0 spiro atoms. The second-order valence-corrected chi connectivity index (χ2v) is 6.84. The number of piperidine rings is 1. The number of benzene rings is 1. The number of hydrogen-bond acceptors (Lipinski definition) is 3. The highest BCUT2D eigenvalue weighted by atomic mass is 16.5. The van der Waals surface area contributed by atoms with Crippen LogP contribution in [-0.2, 0) is 17.8 Å². The summed E-state index contributed by atoms with van der Waals surface area (Å²) in [4.78, 5) is 7.18. The Morgan fingerprint density at radius 3 is 2.67 bits per heavy atom. The van der Waals surface area contributed by atoms with Crippen molar-refractivity contribution in [1.29, 1.82) is 0 Å². The summed E-state index contributed by atoms with van der Waals surface area (Å²) in [6.45, 7) is 9.26. The van der Waals surface area contributed by atoms with Crippen LogP contribution in [-0.4, -0.2) is 53.0 Å². The standard InChI is InChI=1S/C21H31N5O/c1-3-22-21(25-12-10-20(11-13-25)27-4-2)23-14-19-15-24-26(17-19)16-18-8-6-5-7-9-18/h5-9,15,17,20H,3-4,10-14,16H2,1-2H3,(H,22,23). The van der Waals surface area contributed by atoms with Gasteiger partial charge in [0.05, 0.1) is 25.4 Å². The van der Waals surface area contributed by atoms with Gasteiger partial charge in [-0.1, -0.05) is 30.3 Å². The first-order valence-corrected chi connectivity index (χ1v) is 9.98. The Morgan fingerprint density at radius 2 is 1.96 bits per heavy atom. The lowest BCUT2D eigenvalue weighted by atomic mass is 10.1. The lowest BCUT2D eigenvalue weighted by Gasteiger charge is -2.34. The summed E-state index contributed by atoms with van der Waals surface area (Å²) in [5.41, 5.74) is 2.38. The zero-order chi connectivity index (χ0) is 18.9. The topological polar surface area (TPSA) is 54.7 Å². The van der Waals surface area contributed by atoms with Gasteiger partial charge in [-0.15, -0.1) is 0 Å². The monoisotopic (exact) mass is 369 g/mol. The molecule has 3 rings (SSSR count). The van der Waals surface area contributed by atoms with Crippen molar-refractivity contribution in [3.8, 4) is 0 Å². The molecule has 0 atom stereocenters. The molecule has 1 fully saturated rings. The largest absolute Gasteiger partial charge is 0.378 e. The van der Waals surface area contributed by atoms with Crippen LogP contribution >= 0.6 is 0 Å². The first-order valence-electron chi connectivity index (χ1n) is 9.98. The van der Waals surface area contributed by atoms with E-state index in [1.165, 1.54) is 5.56 Å². The molecule has 0 bridgehead atoms. The van der Waals surface area contributed by atoms with Crippen molar-refractivity contribution in [1.82, 2.24) is 20.0 Å². The average Bonchev–Trinajstić information content (AvgIpc) is 3.14. The molecule has 27 heavy (non-hydrogen) atoms. The highest BCUT2D eigenvalue weighted by Crippen LogP contribution is 2.14. The Labute approximate surface area is 162 Å². The third kappa shape index (κ3) is 5.82. The van der Waals surface area contributed by atoms with Crippen molar-refractivity contribution in [3.05, 3.63) is 53.9 Å². The number of likely N-dealkylation sites (tertiary alicyclic amines) is 1. The number of ether oxygens (including phenoxy) is 1. The molecule has 146 valence electrons. The van der Waals surface area contributed by atoms with Gasteiger partial charge in [0.15, 0.2) is 5.96 Å². The number of guanidine groups is 1. The predicted molar refractivity (Wildman–Crippen MR) is 109 cm³/mol. The lowest BCUT2D eigenvalue weighted by Crippen LogP contribution is -2.47. The van der Waals surface area contributed by atoms with Gasteiger partial charge < -0.3 is 15.0 Å². The van der Waals surface area contributed by atoms with E-state index in [2.05, 4.69) is 59.6 Å². The van der Waals surface area contributed by atoms with Gasteiger partial charge in [0.25, 0.3) is 0 Å². The molecule has 6 nitrogen and oxygen atoms in total. The van der Waals surface area contributed by atoms with Crippen molar-refractivity contribution >= 4 is 5.96 Å². The van der Waals surface area contributed by atoms with E-state index in [0.29, 0.717) is 12.6 Å². The Kier molecular flexibility index (Phi) is 7.27. The molecule has 0 unspecified atom stereocenters. The molecule has 1 N–H and O–H groups in total. The van der Waals surface area contributed by atoms with Crippen molar-refractivity contribution in [2.45, 2.75) is 45.9 Å². The van der Waals surface area contributed by atoms with Gasteiger partial charge in [-0.25, -0.2) is 4.99 Å². The number of aromatic nitrogens is 2. The Balaban J connectivity index is 1.57. The van der Waals surface area contributed by atoms with Crippen LogP contribution in [0.5, 0.6) is 0 Å². The predicted octanol–water partition coefficient (Wildman–Crippen LogP) is 2.90. The number of hydrogen-bond donors (Lipinski definition) is 1. The van der Waals surface area contributed by atoms with E-state index >= 15 is 0 Å². The van der Waals surface area contributed by atoms with E-state index in [0.717, 1.165) is 57.2 Å². The van der Waals surface area contributed by atoms with Crippen LogP contribution in [0.1, 0.15) is 37.8 Å². The Hall–Kier alpha value is -2.34. The van der Waals surface area contributed by atoms with Crippen LogP contribution < -0.4 is 5.32 Å². The lowest BCUT2D eigenvalue weighted by molar-refractivity contribution is 0.0263. The molecule has 0 radical (unpaired) electrons. The van der Waals surface area contributed by atoms with Crippen molar-refractivity contribution < 1.29 is 4.74 Å². The first kappa shape index (κ1) is 19.4. The van der Waals surface area contributed by atoms with Crippen LogP contribution in [0, 0.1) is 0 Å². The van der Waals surface area contributed by atoms with Gasteiger partial charge in [0, 0.05) is 38.0 Å². The third-order valence-corrected chi connectivity index (χ3v) is 4.76. The van der Waals surface area contributed by atoms with E-state index in [1.807, 2.05) is 16.9 Å². The molecule has 1 aromatic heterocycles. The molecule has 2 aromatic rings. The molecule has 6 heteroatoms. The summed E-state index contributed by atoms with van der Waals surface area (Å²) >= 11 is 0. The fourth-order valence-electron chi connectivity index (χ4n) is 3.41. The average molecular weight is 370 g/mol. The van der Waals surface area contributed by atoms with Gasteiger partial charge in [-0.3, -0.25) is 4.68 Å². The van der Waals surface area contributed by atoms with Crippen LogP contribution in [0.4, 0.5) is 0 Å². The van der Waals surface area contributed by atoms with Crippen LogP contribution in [0.3, 0.4) is 0 Å². The SMILES string of the molecule is CCNC(=NCc1cnn(Cc2ccccc2)c1)N1CCC(OCC)CC1. The number of rotatable bonds is 7.